The molecule has 5 N–H and O–H groups in total. The van der Waals surface area contributed by atoms with Crippen LogP contribution >= 0.6 is 0 Å². The minimum Gasteiger partial charge on any atom is -0.507 e. The van der Waals surface area contributed by atoms with Crippen LogP contribution in [-0.2, 0) is 20.8 Å². The number of para-hydroxylation sites is 1. The summed E-state index contributed by atoms with van der Waals surface area (Å²) in [5.74, 6) is -3.43. The van der Waals surface area contributed by atoms with Crippen LogP contribution in [0.3, 0.4) is 0 Å². The van der Waals surface area contributed by atoms with E-state index in [0.717, 1.165) is 18.4 Å². The zero-order valence-electron chi connectivity index (χ0n) is 22.2. The van der Waals surface area contributed by atoms with Crippen LogP contribution in [0.2, 0.25) is 0 Å². The van der Waals surface area contributed by atoms with Crippen LogP contribution in [0.4, 0.5) is 0 Å². The molecule has 1 unspecified atom stereocenters. The Balaban J connectivity index is 1.70. The van der Waals surface area contributed by atoms with Gasteiger partial charge >= 0.3 is 0 Å². The molecule has 0 radical (unpaired) electrons. The zero-order chi connectivity index (χ0) is 28.3. The Morgan fingerprint density at radius 1 is 1.08 bits per heavy atom. The maximum absolute atomic E-state index is 13.7. The number of carbonyl (C=O) groups is 4. The molecule has 1 aliphatic carbocycles. The Kier molecular flexibility index (Phi) is 8.49. The number of hydrogen-bond acceptors (Lipinski definition) is 7. The van der Waals surface area contributed by atoms with Crippen LogP contribution < -0.4 is 16.0 Å². The Morgan fingerprint density at radius 3 is 2.44 bits per heavy atom. The number of benzene rings is 1. The Labute approximate surface area is 227 Å². The molecule has 1 saturated heterocycles. The summed E-state index contributed by atoms with van der Waals surface area (Å²) in [6.45, 7) is 3.15. The Bertz CT molecular complexity index is 1220. The average Bonchev–Trinajstić information content (AvgIpc) is 3.75. The lowest BCUT2D eigenvalue weighted by Crippen LogP contribution is -2.64. The second kappa shape index (κ2) is 11.8. The van der Waals surface area contributed by atoms with Gasteiger partial charge in [0.2, 0.25) is 17.7 Å². The molecule has 208 valence electrons. The number of pyridine rings is 1. The van der Waals surface area contributed by atoms with E-state index >= 15 is 0 Å². The van der Waals surface area contributed by atoms with Crippen LogP contribution in [0.5, 0.6) is 5.75 Å². The van der Waals surface area contributed by atoms with Gasteiger partial charge in [0.15, 0.2) is 0 Å². The van der Waals surface area contributed by atoms with E-state index in [1.54, 1.807) is 57.6 Å². The van der Waals surface area contributed by atoms with E-state index < -0.39 is 59.8 Å². The summed E-state index contributed by atoms with van der Waals surface area (Å²) in [6.07, 6.45) is 3.65. The van der Waals surface area contributed by atoms with Crippen molar-refractivity contribution in [2.45, 2.75) is 63.4 Å². The lowest BCUT2D eigenvalue weighted by Gasteiger charge is -2.37. The van der Waals surface area contributed by atoms with E-state index in [4.69, 9.17) is 0 Å². The van der Waals surface area contributed by atoms with Crippen LogP contribution in [0, 0.1) is 11.8 Å². The smallest absolute Gasteiger partial charge is 0.255 e. The maximum atomic E-state index is 13.7. The number of nitrogens with zero attached hydrogens (tertiary/aromatic N) is 2. The monoisotopic (exact) mass is 537 g/mol. The first-order chi connectivity index (χ1) is 18.6. The van der Waals surface area contributed by atoms with Crippen molar-refractivity contribution >= 4 is 23.6 Å². The molecule has 1 aromatic heterocycles. The van der Waals surface area contributed by atoms with E-state index in [-0.39, 0.29) is 23.7 Å². The second-order valence-electron chi connectivity index (χ2n) is 10.5. The predicted octanol–water partition coefficient (Wildman–Crippen LogP) is 0.365. The number of likely N-dealkylation sites (N-methyl/N-ethyl adjacent to an activating group) is 1. The number of phenols is 1. The third kappa shape index (κ3) is 6.36. The molecule has 0 bridgehead atoms. The van der Waals surface area contributed by atoms with Gasteiger partial charge in [-0.1, -0.05) is 25.1 Å². The number of rotatable bonds is 5. The molecule has 11 heteroatoms. The Hall–Kier alpha value is -3.99. The van der Waals surface area contributed by atoms with Crippen molar-refractivity contribution in [2.75, 3.05) is 7.05 Å². The van der Waals surface area contributed by atoms with Gasteiger partial charge in [0.1, 0.15) is 17.8 Å². The first kappa shape index (κ1) is 28.0. The van der Waals surface area contributed by atoms with Crippen molar-refractivity contribution in [3.63, 3.8) is 0 Å². The molecule has 6 atom stereocenters. The molecular weight excluding hydrogens is 502 g/mol. The minimum atomic E-state index is -1.30. The summed E-state index contributed by atoms with van der Waals surface area (Å²) in [7, 11) is 1.55. The average molecular weight is 538 g/mol. The number of aliphatic hydroxyl groups excluding tert-OH is 1. The van der Waals surface area contributed by atoms with Gasteiger partial charge in [0, 0.05) is 19.4 Å². The van der Waals surface area contributed by atoms with Gasteiger partial charge < -0.3 is 31.1 Å². The lowest BCUT2D eigenvalue weighted by molar-refractivity contribution is -0.147. The molecule has 1 aromatic carbocycles. The van der Waals surface area contributed by atoms with Gasteiger partial charge in [0.25, 0.3) is 5.91 Å². The first-order valence-corrected chi connectivity index (χ1v) is 13.1. The van der Waals surface area contributed by atoms with Crippen molar-refractivity contribution in [1.82, 2.24) is 25.8 Å². The van der Waals surface area contributed by atoms with Gasteiger partial charge in [-0.2, -0.15) is 0 Å². The predicted molar refractivity (Wildman–Crippen MR) is 141 cm³/mol. The summed E-state index contributed by atoms with van der Waals surface area (Å²) in [6, 6.07) is 5.64. The second-order valence-corrected chi connectivity index (χ2v) is 10.5. The first-order valence-electron chi connectivity index (χ1n) is 13.1. The number of aromatic nitrogens is 1. The standard InChI is InChI=1S/C28H35N5O6/c1-15-24(35)20(13-17-7-6-12-29-14-17)31-26(37)22(32-25(36)19-8-4-5-9-21(19)34)16(2)30-27(38)23(18-10-11-18)33(3)28(15)39/h4-9,12,14-16,18,20,22-24,34-35H,10-11,13H2,1-3H3,(H,30,38)(H,31,37)(H,32,36)/t15-,16-,20+,22+,23?,24+/m1/s1. The molecule has 2 aromatic rings. The molecule has 39 heavy (non-hydrogen) atoms. The molecular formula is C28H35N5O6. The third-order valence-electron chi connectivity index (χ3n) is 7.51. The van der Waals surface area contributed by atoms with Crippen molar-refractivity contribution in [3.05, 3.63) is 59.9 Å². The molecule has 11 nitrogen and oxygen atoms in total. The molecule has 1 saturated carbocycles. The molecule has 0 spiro atoms. The highest BCUT2D eigenvalue weighted by Crippen LogP contribution is 2.36. The maximum Gasteiger partial charge on any atom is 0.255 e. The number of phenolic OH excluding ortho intramolecular Hbond substituents is 1. The van der Waals surface area contributed by atoms with Crippen LogP contribution in [0.25, 0.3) is 0 Å². The van der Waals surface area contributed by atoms with Crippen molar-refractivity contribution in [1.29, 1.82) is 0 Å². The van der Waals surface area contributed by atoms with Crippen molar-refractivity contribution in [2.24, 2.45) is 11.8 Å². The fourth-order valence-electron chi connectivity index (χ4n) is 5.07. The van der Waals surface area contributed by atoms with Crippen LogP contribution in [-0.4, -0.2) is 81.0 Å². The van der Waals surface area contributed by atoms with E-state index in [0.29, 0.717) is 0 Å². The molecule has 2 aliphatic rings. The molecule has 4 amide bonds. The van der Waals surface area contributed by atoms with E-state index in [1.165, 1.54) is 17.0 Å². The van der Waals surface area contributed by atoms with Crippen LogP contribution in [0.1, 0.15) is 42.6 Å². The summed E-state index contributed by atoms with van der Waals surface area (Å²) >= 11 is 0. The number of hydrogen-bond donors (Lipinski definition) is 5. The van der Waals surface area contributed by atoms with Crippen molar-refractivity contribution < 1.29 is 29.4 Å². The zero-order valence-corrected chi connectivity index (χ0v) is 22.2. The normalized spacial score (nSPS) is 28.5. The summed E-state index contributed by atoms with van der Waals surface area (Å²) in [5, 5.41) is 29.7. The van der Waals surface area contributed by atoms with Crippen LogP contribution in [0.15, 0.2) is 48.8 Å². The number of amides is 4. The SMILES string of the molecule is C[C@H]1NC(=O)C(C2CC2)N(C)C(=O)[C@H](C)[C@H](O)[C@H](Cc2cccnc2)NC(=O)[C@H]1NC(=O)c1ccccc1O. The largest absolute Gasteiger partial charge is 0.507 e. The number of aliphatic hydroxyl groups is 1. The van der Waals surface area contributed by atoms with E-state index in [2.05, 4.69) is 20.9 Å². The highest BCUT2D eigenvalue weighted by Gasteiger charge is 2.45. The van der Waals surface area contributed by atoms with Crippen molar-refractivity contribution in [3.8, 4) is 5.75 Å². The molecule has 2 fully saturated rings. The lowest BCUT2D eigenvalue weighted by atomic mass is 9.90. The topological polar surface area (TPSA) is 161 Å². The summed E-state index contributed by atoms with van der Waals surface area (Å²) in [4.78, 5) is 59.0. The van der Waals surface area contributed by atoms with E-state index in [1.807, 2.05) is 0 Å². The number of aromatic hydroxyl groups is 1. The van der Waals surface area contributed by atoms with Gasteiger partial charge in [-0.15, -0.1) is 0 Å². The summed E-state index contributed by atoms with van der Waals surface area (Å²) in [5.41, 5.74) is 0.700. The highest BCUT2D eigenvalue weighted by atomic mass is 16.3. The molecule has 4 rings (SSSR count). The van der Waals surface area contributed by atoms with E-state index in [9.17, 15) is 29.4 Å². The fourth-order valence-corrected chi connectivity index (χ4v) is 5.07. The number of nitrogens with one attached hydrogen (secondary N) is 3. The summed E-state index contributed by atoms with van der Waals surface area (Å²) < 4.78 is 0. The highest BCUT2D eigenvalue weighted by molar-refractivity contribution is 6.00. The Morgan fingerprint density at radius 2 is 1.79 bits per heavy atom. The van der Waals surface area contributed by atoms with Gasteiger partial charge in [-0.05, 0) is 55.9 Å². The quantitative estimate of drug-likeness (QED) is 0.368. The molecule has 2 heterocycles. The minimum absolute atomic E-state index is 0.0308. The fraction of sp³-hybridized carbons (Fsp3) is 0.464. The third-order valence-corrected chi connectivity index (χ3v) is 7.51. The molecule has 1 aliphatic heterocycles. The van der Waals surface area contributed by atoms with Gasteiger partial charge in [-0.25, -0.2) is 0 Å². The van der Waals surface area contributed by atoms with Gasteiger partial charge in [0.05, 0.1) is 29.7 Å². The number of carbonyl (C=O) groups excluding carboxylic acids is 4. The van der Waals surface area contributed by atoms with Gasteiger partial charge in [-0.3, -0.25) is 24.2 Å².